The highest BCUT2D eigenvalue weighted by Gasteiger charge is 2.14. The average molecular weight is 187 g/mol. The normalized spacial score (nSPS) is 9.92. The molecule has 0 bridgehead atoms. The lowest BCUT2D eigenvalue weighted by Gasteiger charge is -1.93. The van der Waals surface area contributed by atoms with Crippen LogP contribution in [0.25, 0.3) is 0 Å². The van der Waals surface area contributed by atoms with E-state index in [9.17, 15) is 4.79 Å². The fraction of sp³-hybridized carbons (Fsp3) is 0.429. The van der Waals surface area contributed by atoms with Crippen LogP contribution in [-0.2, 0) is 11.3 Å². The average Bonchev–Trinajstić information content (AvgIpc) is 2.45. The topological polar surface area (TPSA) is 59.4 Å². The van der Waals surface area contributed by atoms with Gasteiger partial charge in [-0.3, -0.25) is 0 Å². The van der Waals surface area contributed by atoms with Crippen LogP contribution in [0.4, 0.5) is 0 Å². The van der Waals surface area contributed by atoms with Gasteiger partial charge < -0.3 is 9.84 Å². The van der Waals surface area contributed by atoms with Gasteiger partial charge in [0.2, 0.25) is 0 Å². The Morgan fingerprint density at radius 3 is 2.83 bits per heavy atom. The molecule has 5 heteroatoms. The summed E-state index contributed by atoms with van der Waals surface area (Å²) in [5.41, 5.74) is 0.298. The maximum atomic E-state index is 11.0. The Bertz CT molecular complexity index is 295. The summed E-state index contributed by atoms with van der Waals surface area (Å²) in [4.78, 5) is 15.7. The maximum Gasteiger partial charge on any atom is 0.357 e. The second kappa shape index (κ2) is 3.64. The Hall–Kier alpha value is -0.940. The molecule has 66 valence electrons. The third-order valence-electron chi connectivity index (χ3n) is 1.35. The molecule has 1 heterocycles. The molecule has 0 saturated carbocycles. The zero-order chi connectivity index (χ0) is 9.14. The molecule has 1 aromatic heterocycles. The smallest absolute Gasteiger partial charge is 0.357 e. The molecule has 1 rings (SSSR count). The van der Waals surface area contributed by atoms with Crippen molar-refractivity contribution in [3.05, 3.63) is 15.6 Å². The summed E-state index contributed by atoms with van der Waals surface area (Å²) >= 11 is 1.30. The van der Waals surface area contributed by atoms with Gasteiger partial charge in [-0.2, -0.15) is 0 Å². The van der Waals surface area contributed by atoms with Crippen molar-refractivity contribution < 1.29 is 14.6 Å². The summed E-state index contributed by atoms with van der Waals surface area (Å²) in [5, 5.41) is 9.26. The van der Waals surface area contributed by atoms with Crippen LogP contribution in [0, 0.1) is 6.92 Å². The largest absolute Gasteiger partial charge is 0.464 e. The first kappa shape index (κ1) is 9.15. The standard InChI is InChI=1S/C7H9NO3S/c1-4-6(7(10)11-2)8-5(3-9)12-4/h9H,3H2,1-2H3. The number of aliphatic hydroxyl groups is 1. The Morgan fingerprint density at radius 1 is 1.75 bits per heavy atom. The van der Waals surface area contributed by atoms with E-state index >= 15 is 0 Å². The minimum atomic E-state index is -0.455. The van der Waals surface area contributed by atoms with Gasteiger partial charge in [-0.1, -0.05) is 0 Å². The summed E-state index contributed by atoms with van der Waals surface area (Å²) in [5.74, 6) is -0.455. The first-order valence-electron chi connectivity index (χ1n) is 3.34. The minimum absolute atomic E-state index is 0.136. The second-order valence-corrected chi connectivity index (χ2v) is 3.45. The lowest BCUT2D eigenvalue weighted by atomic mass is 10.4. The van der Waals surface area contributed by atoms with E-state index in [1.807, 2.05) is 0 Å². The molecular weight excluding hydrogens is 178 g/mol. The van der Waals surface area contributed by atoms with Gasteiger partial charge in [-0.05, 0) is 6.92 Å². The van der Waals surface area contributed by atoms with Gasteiger partial charge >= 0.3 is 5.97 Å². The molecule has 0 fully saturated rings. The van der Waals surface area contributed by atoms with Crippen LogP contribution in [0.1, 0.15) is 20.4 Å². The summed E-state index contributed by atoms with van der Waals surface area (Å²) in [7, 11) is 1.31. The fourth-order valence-corrected chi connectivity index (χ4v) is 1.59. The fourth-order valence-electron chi connectivity index (χ4n) is 0.805. The van der Waals surface area contributed by atoms with Crippen LogP contribution in [0.2, 0.25) is 0 Å². The molecule has 0 radical (unpaired) electrons. The molecule has 0 aromatic carbocycles. The van der Waals surface area contributed by atoms with Gasteiger partial charge in [0.05, 0.1) is 13.7 Å². The number of carbonyl (C=O) groups excluding carboxylic acids is 1. The number of esters is 1. The molecule has 1 N–H and O–H groups in total. The lowest BCUT2D eigenvalue weighted by Crippen LogP contribution is -2.03. The van der Waals surface area contributed by atoms with E-state index < -0.39 is 5.97 Å². The monoisotopic (exact) mass is 187 g/mol. The predicted octanol–water partition coefficient (Wildman–Crippen LogP) is 0.730. The zero-order valence-corrected chi connectivity index (χ0v) is 7.64. The van der Waals surface area contributed by atoms with Gasteiger partial charge in [-0.25, -0.2) is 9.78 Å². The number of hydrogen-bond donors (Lipinski definition) is 1. The van der Waals surface area contributed by atoms with Crippen molar-refractivity contribution in [2.75, 3.05) is 7.11 Å². The van der Waals surface area contributed by atoms with Crippen LogP contribution in [0.15, 0.2) is 0 Å². The number of aryl methyl sites for hydroxylation is 1. The van der Waals surface area contributed by atoms with E-state index in [0.717, 1.165) is 4.88 Å². The molecule has 0 amide bonds. The SMILES string of the molecule is COC(=O)c1nc(CO)sc1C. The van der Waals surface area contributed by atoms with Gasteiger partial charge in [-0.15, -0.1) is 11.3 Å². The molecular formula is C7H9NO3S. The Balaban J connectivity index is 2.99. The van der Waals surface area contributed by atoms with Crippen molar-refractivity contribution in [3.63, 3.8) is 0 Å². The highest BCUT2D eigenvalue weighted by molar-refractivity contribution is 7.11. The van der Waals surface area contributed by atoms with E-state index in [4.69, 9.17) is 5.11 Å². The molecule has 0 unspecified atom stereocenters. The molecule has 0 aliphatic carbocycles. The zero-order valence-electron chi connectivity index (χ0n) is 6.83. The van der Waals surface area contributed by atoms with Gasteiger partial charge in [0.15, 0.2) is 5.69 Å². The summed E-state index contributed by atoms with van der Waals surface area (Å²) in [6, 6.07) is 0. The molecule has 4 nitrogen and oxygen atoms in total. The first-order valence-corrected chi connectivity index (χ1v) is 4.16. The first-order chi connectivity index (χ1) is 5.69. The molecule has 12 heavy (non-hydrogen) atoms. The number of hydrogen-bond acceptors (Lipinski definition) is 5. The molecule has 0 atom stereocenters. The van der Waals surface area contributed by atoms with E-state index in [2.05, 4.69) is 9.72 Å². The summed E-state index contributed by atoms with van der Waals surface area (Å²) in [6.45, 7) is 1.63. The number of aromatic nitrogens is 1. The quantitative estimate of drug-likeness (QED) is 0.693. The number of thiazole rings is 1. The summed E-state index contributed by atoms with van der Waals surface area (Å²) in [6.07, 6.45) is 0. The van der Waals surface area contributed by atoms with Crippen molar-refractivity contribution in [2.45, 2.75) is 13.5 Å². The van der Waals surface area contributed by atoms with Crippen molar-refractivity contribution >= 4 is 17.3 Å². The van der Waals surface area contributed by atoms with E-state index in [0.29, 0.717) is 10.7 Å². The molecule has 0 spiro atoms. The highest BCUT2D eigenvalue weighted by Crippen LogP contribution is 2.17. The third-order valence-corrected chi connectivity index (χ3v) is 2.31. The van der Waals surface area contributed by atoms with Crippen LogP contribution in [-0.4, -0.2) is 23.2 Å². The number of methoxy groups -OCH3 is 1. The van der Waals surface area contributed by atoms with Crippen molar-refractivity contribution in [1.29, 1.82) is 0 Å². The van der Waals surface area contributed by atoms with Gasteiger partial charge in [0.1, 0.15) is 5.01 Å². The van der Waals surface area contributed by atoms with E-state index in [1.54, 1.807) is 6.92 Å². The number of aliphatic hydroxyl groups excluding tert-OH is 1. The number of nitrogens with zero attached hydrogens (tertiary/aromatic N) is 1. The third kappa shape index (κ3) is 1.62. The van der Waals surface area contributed by atoms with Crippen LogP contribution >= 0.6 is 11.3 Å². The lowest BCUT2D eigenvalue weighted by molar-refractivity contribution is 0.0594. The second-order valence-electron chi connectivity index (χ2n) is 2.16. The van der Waals surface area contributed by atoms with Gasteiger partial charge in [0, 0.05) is 4.88 Å². The van der Waals surface area contributed by atoms with Crippen molar-refractivity contribution in [2.24, 2.45) is 0 Å². The summed E-state index contributed by atoms with van der Waals surface area (Å²) < 4.78 is 4.50. The number of carbonyl (C=O) groups is 1. The predicted molar refractivity (Wildman–Crippen MR) is 44.1 cm³/mol. The Morgan fingerprint density at radius 2 is 2.42 bits per heavy atom. The number of ether oxygens (including phenoxy) is 1. The molecule has 0 aliphatic rings. The van der Waals surface area contributed by atoms with Crippen LogP contribution < -0.4 is 0 Å². The van der Waals surface area contributed by atoms with E-state index in [-0.39, 0.29) is 6.61 Å². The van der Waals surface area contributed by atoms with Crippen LogP contribution in [0.5, 0.6) is 0 Å². The molecule has 0 aliphatic heterocycles. The molecule has 1 aromatic rings. The van der Waals surface area contributed by atoms with Crippen LogP contribution in [0.3, 0.4) is 0 Å². The van der Waals surface area contributed by atoms with Gasteiger partial charge in [0.25, 0.3) is 0 Å². The van der Waals surface area contributed by atoms with E-state index in [1.165, 1.54) is 18.4 Å². The highest BCUT2D eigenvalue weighted by atomic mass is 32.1. The molecule has 0 saturated heterocycles. The Kier molecular flexibility index (Phi) is 2.78. The van der Waals surface area contributed by atoms with Crippen molar-refractivity contribution in [3.8, 4) is 0 Å². The minimum Gasteiger partial charge on any atom is -0.464 e. The number of rotatable bonds is 2. The van der Waals surface area contributed by atoms with Crippen molar-refractivity contribution in [1.82, 2.24) is 4.98 Å². The Labute approximate surface area is 73.8 Å². The maximum absolute atomic E-state index is 11.0.